The predicted molar refractivity (Wildman–Crippen MR) is 54.0 cm³/mol. The van der Waals surface area contributed by atoms with E-state index in [4.69, 9.17) is 16.7 Å². The highest BCUT2D eigenvalue weighted by Gasteiger charge is 2.13. The van der Waals surface area contributed by atoms with Crippen LogP contribution in [0.5, 0.6) is 5.75 Å². The molecular formula is C9H7ClN2O3. The summed E-state index contributed by atoms with van der Waals surface area (Å²) in [5.74, 6) is -1.05. The zero-order valence-corrected chi connectivity index (χ0v) is 8.27. The van der Waals surface area contributed by atoms with Crippen LogP contribution < -0.4 is 0 Å². The minimum atomic E-state index is -1.04. The summed E-state index contributed by atoms with van der Waals surface area (Å²) in [4.78, 5) is 10.5. The molecule has 0 saturated carbocycles. The highest BCUT2D eigenvalue weighted by atomic mass is 35.5. The number of halogens is 1. The Kier molecular flexibility index (Phi) is 2.24. The highest BCUT2D eigenvalue weighted by molar-refractivity contribution is 6.34. The number of carbonyl (C=O) groups is 1. The summed E-state index contributed by atoms with van der Waals surface area (Å²) in [7, 11) is 0. The van der Waals surface area contributed by atoms with Crippen LogP contribution in [-0.4, -0.2) is 26.0 Å². The lowest BCUT2D eigenvalue weighted by Crippen LogP contribution is -2.09. The van der Waals surface area contributed by atoms with E-state index >= 15 is 0 Å². The standard InChI is InChI=1S/C9H7ClN2O3/c10-9-5-2-1-3-6(13)8(5)11-12(9)4-7(14)15/h1-3,13H,4H2,(H,14,15). The molecule has 2 rings (SSSR count). The first-order chi connectivity index (χ1) is 7.09. The van der Waals surface area contributed by atoms with Crippen LogP contribution in [0.2, 0.25) is 5.15 Å². The lowest BCUT2D eigenvalue weighted by molar-refractivity contribution is -0.137. The monoisotopic (exact) mass is 226 g/mol. The summed E-state index contributed by atoms with van der Waals surface area (Å²) < 4.78 is 1.13. The molecule has 0 aliphatic rings. The molecule has 5 nitrogen and oxygen atoms in total. The highest BCUT2D eigenvalue weighted by Crippen LogP contribution is 2.28. The van der Waals surface area contributed by atoms with Crippen molar-refractivity contribution in [2.75, 3.05) is 0 Å². The Balaban J connectivity index is 2.64. The van der Waals surface area contributed by atoms with E-state index in [-0.39, 0.29) is 17.4 Å². The predicted octanol–water partition coefficient (Wildman–Crippen LogP) is 1.48. The van der Waals surface area contributed by atoms with Crippen LogP contribution in [-0.2, 0) is 11.3 Å². The number of benzene rings is 1. The van der Waals surface area contributed by atoms with E-state index in [1.807, 2.05) is 0 Å². The minimum Gasteiger partial charge on any atom is -0.506 e. The fourth-order valence-corrected chi connectivity index (χ4v) is 1.59. The summed E-state index contributed by atoms with van der Waals surface area (Å²) >= 11 is 5.90. The van der Waals surface area contributed by atoms with E-state index in [0.29, 0.717) is 10.9 Å². The van der Waals surface area contributed by atoms with E-state index in [0.717, 1.165) is 4.68 Å². The summed E-state index contributed by atoms with van der Waals surface area (Å²) in [5.41, 5.74) is 0.309. The zero-order valence-electron chi connectivity index (χ0n) is 7.51. The smallest absolute Gasteiger partial charge is 0.325 e. The van der Waals surface area contributed by atoms with Crippen LogP contribution in [0.15, 0.2) is 18.2 Å². The van der Waals surface area contributed by atoms with Crippen LogP contribution in [0.1, 0.15) is 0 Å². The lowest BCUT2D eigenvalue weighted by Gasteiger charge is -1.96. The Morgan fingerprint density at radius 1 is 1.53 bits per heavy atom. The lowest BCUT2D eigenvalue weighted by atomic mass is 10.2. The van der Waals surface area contributed by atoms with Gasteiger partial charge in [0, 0.05) is 5.39 Å². The number of rotatable bonds is 2. The number of phenols is 1. The van der Waals surface area contributed by atoms with Crippen molar-refractivity contribution in [3.05, 3.63) is 23.4 Å². The van der Waals surface area contributed by atoms with E-state index in [9.17, 15) is 9.90 Å². The van der Waals surface area contributed by atoms with Crippen molar-refractivity contribution in [2.45, 2.75) is 6.54 Å². The molecule has 6 heteroatoms. The van der Waals surface area contributed by atoms with Gasteiger partial charge in [-0.2, -0.15) is 5.10 Å². The Morgan fingerprint density at radius 2 is 2.27 bits per heavy atom. The fraction of sp³-hybridized carbons (Fsp3) is 0.111. The third-order valence-corrected chi connectivity index (χ3v) is 2.37. The van der Waals surface area contributed by atoms with Crippen LogP contribution in [0.3, 0.4) is 0 Å². The van der Waals surface area contributed by atoms with Gasteiger partial charge < -0.3 is 10.2 Å². The average molecular weight is 227 g/mol. The van der Waals surface area contributed by atoms with Crippen LogP contribution in [0.25, 0.3) is 10.9 Å². The molecule has 15 heavy (non-hydrogen) atoms. The number of aliphatic carboxylic acids is 1. The van der Waals surface area contributed by atoms with Gasteiger partial charge in [0.15, 0.2) is 0 Å². The van der Waals surface area contributed by atoms with Gasteiger partial charge in [0.05, 0.1) is 0 Å². The van der Waals surface area contributed by atoms with Gasteiger partial charge in [-0.3, -0.25) is 4.79 Å². The number of hydrogen-bond acceptors (Lipinski definition) is 3. The molecule has 0 aliphatic heterocycles. The van der Waals surface area contributed by atoms with Crippen molar-refractivity contribution < 1.29 is 15.0 Å². The summed E-state index contributed by atoms with van der Waals surface area (Å²) in [6, 6.07) is 4.76. The van der Waals surface area contributed by atoms with Crippen molar-refractivity contribution in [3.8, 4) is 5.75 Å². The molecule has 1 aromatic heterocycles. The molecule has 78 valence electrons. The number of aromatic hydroxyl groups is 1. The number of carboxylic acids is 1. The van der Waals surface area contributed by atoms with Crippen molar-refractivity contribution in [3.63, 3.8) is 0 Å². The molecule has 0 amide bonds. The minimum absolute atomic E-state index is 0.0152. The van der Waals surface area contributed by atoms with E-state index in [1.54, 1.807) is 12.1 Å². The van der Waals surface area contributed by atoms with Crippen LogP contribution in [0.4, 0.5) is 0 Å². The van der Waals surface area contributed by atoms with Crippen molar-refractivity contribution in [1.82, 2.24) is 9.78 Å². The molecule has 0 radical (unpaired) electrons. The quantitative estimate of drug-likeness (QED) is 0.813. The molecule has 2 N–H and O–H groups in total. The Morgan fingerprint density at radius 3 is 2.87 bits per heavy atom. The number of fused-ring (bicyclic) bond motifs is 1. The maximum atomic E-state index is 10.5. The number of carboxylic acid groups (broad SMARTS) is 1. The first-order valence-corrected chi connectivity index (χ1v) is 4.53. The Labute approximate surface area is 89.5 Å². The normalized spacial score (nSPS) is 10.7. The topological polar surface area (TPSA) is 75.3 Å². The van der Waals surface area contributed by atoms with Crippen molar-refractivity contribution in [1.29, 1.82) is 0 Å². The third kappa shape index (κ3) is 1.61. The fourth-order valence-electron chi connectivity index (χ4n) is 1.34. The second-order valence-electron chi connectivity index (χ2n) is 3.02. The van der Waals surface area contributed by atoms with Crippen molar-refractivity contribution in [2.24, 2.45) is 0 Å². The Bertz CT molecular complexity index is 535. The number of hydrogen-bond donors (Lipinski definition) is 2. The molecule has 0 aliphatic carbocycles. The molecule has 0 unspecified atom stereocenters. The molecule has 1 aromatic carbocycles. The van der Waals surface area contributed by atoms with E-state index in [1.165, 1.54) is 6.07 Å². The number of phenolic OH excluding ortho intramolecular Hbond substituents is 1. The molecule has 0 fully saturated rings. The summed E-state index contributed by atoms with van der Waals surface area (Å²) in [6.07, 6.45) is 0. The van der Waals surface area contributed by atoms with Gasteiger partial charge in [0.2, 0.25) is 0 Å². The summed E-state index contributed by atoms with van der Waals surface area (Å²) in [6.45, 7) is -0.326. The van der Waals surface area contributed by atoms with Gasteiger partial charge in [-0.25, -0.2) is 4.68 Å². The van der Waals surface area contributed by atoms with Gasteiger partial charge in [-0.05, 0) is 12.1 Å². The van der Waals surface area contributed by atoms with Gasteiger partial charge in [0.1, 0.15) is 23.0 Å². The Hall–Kier alpha value is -1.75. The first kappa shape index (κ1) is 9.79. The number of aromatic nitrogens is 2. The molecule has 2 aromatic rings. The zero-order chi connectivity index (χ0) is 11.0. The van der Waals surface area contributed by atoms with Gasteiger partial charge in [-0.1, -0.05) is 17.7 Å². The largest absolute Gasteiger partial charge is 0.506 e. The molecule has 0 atom stereocenters. The molecule has 0 bridgehead atoms. The second kappa shape index (κ2) is 3.43. The number of nitrogens with zero attached hydrogens (tertiary/aromatic N) is 2. The third-order valence-electron chi connectivity index (χ3n) is 1.97. The average Bonchev–Trinajstić information content (AvgIpc) is 2.46. The second-order valence-corrected chi connectivity index (χ2v) is 3.37. The van der Waals surface area contributed by atoms with Crippen LogP contribution >= 0.6 is 11.6 Å². The van der Waals surface area contributed by atoms with E-state index < -0.39 is 5.97 Å². The van der Waals surface area contributed by atoms with Crippen molar-refractivity contribution >= 4 is 28.5 Å². The summed E-state index contributed by atoms with van der Waals surface area (Å²) in [5, 5.41) is 22.7. The van der Waals surface area contributed by atoms with Gasteiger partial charge in [0.25, 0.3) is 0 Å². The van der Waals surface area contributed by atoms with Gasteiger partial charge in [-0.15, -0.1) is 0 Å². The maximum Gasteiger partial charge on any atom is 0.325 e. The molecular weight excluding hydrogens is 220 g/mol. The molecule has 0 spiro atoms. The van der Waals surface area contributed by atoms with Gasteiger partial charge >= 0.3 is 5.97 Å². The van der Waals surface area contributed by atoms with Crippen LogP contribution in [0, 0.1) is 0 Å². The molecule has 1 heterocycles. The van der Waals surface area contributed by atoms with E-state index in [2.05, 4.69) is 5.10 Å². The maximum absolute atomic E-state index is 10.5. The SMILES string of the molecule is O=C(O)Cn1nc2c(O)cccc2c1Cl. The first-order valence-electron chi connectivity index (χ1n) is 4.15. The molecule has 0 saturated heterocycles.